The number of aliphatic imine (C=N–C) groups is 2. The van der Waals surface area contributed by atoms with Crippen LogP contribution in [0.15, 0.2) is 58.5 Å². The molecule has 0 bridgehead atoms. The van der Waals surface area contributed by atoms with Crippen molar-refractivity contribution in [2.75, 3.05) is 51.1 Å². The largest absolute Gasteiger partial charge is 0.378 e. The first-order valence-electron chi connectivity index (χ1n) is 10.1. The summed E-state index contributed by atoms with van der Waals surface area (Å²) in [6.45, 7) is 1.80. The minimum atomic E-state index is 0.900. The molecule has 4 nitrogen and oxygen atoms in total. The highest BCUT2D eigenvalue weighted by Crippen LogP contribution is 2.12. The van der Waals surface area contributed by atoms with Gasteiger partial charge in [0.05, 0.1) is 0 Å². The van der Waals surface area contributed by atoms with Crippen LogP contribution in [-0.2, 0) is 0 Å². The molecule has 2 aromatic rings. The molecule has 150 valence electrons. The number of hydrogen-bond donors (Lipinski definition) is 0. The van der Waals surface area contributed by atoms with E-state index in [2.05, 4.69) is 96.5 Å². The number of nitrogens with zero attached hydrogens (tertiary/aromatic N) is 4. The minimum Gasteiger partial charge on any atom is -0.378 e. The Morgan fingerprint density at radius 2 is 0.929 bits per heavy atom. The second-order valence-electron chi connectivity index (χ2n) is 7.46. The van der Waals surface area contributed by atoms with Gasteiger partial charge in [-0.2, -0.15) is 0 Å². The Morgan fingerprint density at radius 1 is 0.571 bits per heavy atom. The monoisotopic (exact) mass is 378 g/mol. The third-order valence-corrected chi connectivity index (χ3v) is 4.62. The summed E-state index contributed by atoms with van der Waals surface area (Å²) in [6, 6.07) is 17.0. The van der Waals surface area contributed by atoms with Crippen LogP contribution in [0.3, 0.4) is 0 Å². The number of unbranched alkanes of at least 4 members (excludes halogenated alkanes) is 3. The summed E-state index contributed by atoms with van der Waals surface area (Å²) in [7, 11) is 8.21. The smallest absolute Gasteiger partial charge is 0.0389 e. The van der Waals surface area contributed by atoms with Crippen molar-refractivity contribution in [3.63, 3.8) is 0 Å². The van der Waals surface area contributed by atoms with Gasteiger partial charge in [-0.05, 0) is 48.2 Å². The Bertz CT molecular complexity index is 663. The van der Waals surface area contributed by atoms with Crippen LogP contribution >= 0.6 is 0 Å². The van der Waals surface area contributed by atoms with Gasteiger partial charge in [-0.3, -0.25) is 9.98 Å². The lowest BCUT2D eigenvalue weighted by Gasteiger charge is -2.11. The van der Waals surface area contributed by atoms with E-state index in [1.807, 2.05) is 12.4 Å². The third kappa shape index (κ3) is 7.95. The van der Waals surface area contributed by atoms with Crippen LogP contribution < -0.4 is 9.80 Å². The molecule has 0 unspecified atom stereocenters. The van der Waals surface area contributed by atoms with Crippen LogP contribution in [0.25, 0.3) is 0 Å². The molecule has 0 N–H and O–H groups in total. The molecule has 0 aliphatic heterocycles. The number of hydrogen-bond acceptors (Lipinski definition) is 4. The molecule has 0 saturated carbocycles. The van der Waals surface area contributed by atoms with Crippen LogP contribution in [0.2, 0.25) is 0 Å². The molecule has 0 aromatic heterocycles. The standard InChI is InChI=1S/C24H34N4/c1-27(2)23-13-9-21(10-14-23)19-25-17-7-5-6-8-18-26-20-22-11-15-24(16-12-22)28(3)4/h9-16,19-20H,5-8,17-18H2,1-4H3. The highest BCUT2D eigenvalue weighted by atomic mass is 15.1. The molecule has 0 heterocycles. The van der Waals surface area contributed by atoms with Gasteiger partial charge in [0.25, 0.3) is 0 Å². The molecule has 2 rings (SSSR count). The van der Waals surface area contributed by atoms with Crippen molar-refractivity contribution < 1.29 is 0 Å². The van der Waals surface area contributed by atoms with Gasteiger partial charge in [0.2, 0.25) is 0 Å². The number of anilines is 2. The van der Waals surface area contributed by atoms with E-state index in [9.17, 15) is 0 Å². The highest BCUT2D eigenvalue weighted by molar-refractivity contribution is 5.80. The first-order valence-corrected chi connectivity index (χ1v) is 10.1. The molecule has 0 aliphatic rings. The summed E-state index contributed by atoms with van der Waals surface area (Å²) in [5.74, 6) is 0. The predicted molar refractivity (Wildman–Crippen MR) is 125 cm³/mol. The summed E-state index contributed by atoms with van der Waals surface area (Å²) < 4.78 is 0. The van der Waals surface area contributed by atoms with Gasteiger partial charge in [0.1, 0.15) is 0 Å². The Kier molecular flexibility index (Phi) is 9.26. The van der Waals surface area contributed by atoms with E-state index in [0.29, 0.717) is 0 Å². The van der Waals surface area contributed by atoms with Crippen LogP contribution in [-0.4, -0.2) is 53.7 Å². The van der Waals surface area contributed by atoms with Crippen LogP contribution in [0.4, 0.5) is 11.4 Å². The van der Waals surface area contributed by atoms with E-state index in [-0.39, 0.29) is 0 Å². The lowest BCUT2D eigenvalue weighted by Crippen LogP contribution is -2.08. The fourth-order valence-corrected chi connectivity index (χ4v) is 2.82. The lowest BCUT2D eigenvalue weighted by molar-refractivity contribution is 0.655. The van der Waals surface area contributed by atoms with E-state index in [1.54, 1.807) is 0 Å². The van der Waals surface area contributed by atoms with E-state index in [1.165, 1.54) is 35.3 Å². The van der Waals surface area contributed by atoms with Crippen molar-refractivity contribution in [2.45, 2.75) is 25.7 Å². The fourth-order valence-electron chi connectivity index (χ4n) is 2.82. The van der Waals surface area contributed by atoms with Crippen LogP contribution in [0.1, 0.15) is 36.8 Å². The van der Waals surface area contributed by atoms with Crippen molar-refractivity contribution in [1.29, 1.82) is 0 Å². The SMILES string of the molecule is CN(C)c1ccc(C=NCCCCCCN=Cc2ccc(N(C)C)cc2)cc1. The van der Waals surface area contributed by atoms with Crippen LogP contribution in [0, 0.1) is 0 Å². The first-order chi connectivity index (χ1) is 13.6. The van der Waals surface area contributed by atoms with Crippen molar-refractivity contribution >= 4 is 23.8 Å². The summed E-state index contributed by atoms with van der Waals surface area (Å²) in [6.07, 6.45) is 8.66. The molecule has 0 radical (unpaired) electrons. The highest BCUT2D eigenvalue weighted by Gasteiger charge is 1.95. The maximum atomic E-state index is 4.54. The average Bonchev–Trinajstić information content (AvgIpc) is 2.70. The Morgan fingerprint density at radius 3 is 1.25 bits per heavy atom. The Balaban J connectivity index is 1.54. The molecule has 4 heteroatoms. The second-order valence-corrected chi connectivity index (χ2v) is 7.46. The zero-order chi connectivity index (χ0) is 20.2. The molecule has 0 atom stereocenters. The Hall–Kier alpha value is -2.62. The van der Waals surface area contributed by atoms with E-state index >= 15 is 0 Å². The van der Waals surface area contributed by atoms with Crippen molar-refractivity contribution in [2.24, 2.45) is 9.98 Å². The Labute approximate surface area is 170 Å². The lowest BCUT2D eigenvalue weighted by atomic mass is 10.2. The van der Waals surface area contributed by atoms with Gasteiger partial charge in [-0.25, -0.2) is 0 Å². The van der Waals surface area contributed by atoms with Gasteiger partial charge in [0.15, 0.2) is 0 Å². The number of benzene rings is 2. The molecule has 0 spiro atoms. The van der Waals surface area contributed by atoms with Gasteiger partial charge >= 0.3 is 0 Å². The second kappa shape index (κ2) is 12.0. The predicted octanol–water partition coefficient (Wildman–Crippen LogP) is 4.92. The van der Waals surface area contributed by atoms with Crippen LogP contribution in [0.5, 0.6) is 0 Å². The van der Waals surface area contributed by atoms with E-state index < -0.39 is 0 Å². The van der Waals surface area contributed by atoms with Gasteiger partial charge < -0.3 is 9.80 Å². The first kappa shape index (κ1) is 21.7. The van der Waals surface area contributed by atoms with Crippen molar-refractivity contribution in [3.05, 3.63) is 59.7 Å². The summed E-state index contributed by atoms with van der Waals surface area (Å²) in [5, 5.41) is 0. The number of rotatable bonds is 11. The summed E-state index contributed by atoms with van der Waals surface area (Å²) in [5.41, 5.74) is 4.76. The zero-order valence-electron chi connectivity index (χ0n) is 17.8. The third-order valence-electron chi connectivity index (χ3n) is 4.62. The topological polar surface area (TPSA) is 31.2 Å². The molecular weight excluding hydrogens is 344 g/mol. The minimum absolute atomic E-state index is 0.900. The van der Waals surface area contributed by atoms with Gasteiger partial charge in [-0.15, -0.1) is 0 Å². The fraction of sp³-hybridized carbons (Fsp3) is 0.417. The maximum Gasteiger partial charge on any atom is 0.0389 e. The van der Waals surface area contributed by atoms with Gasteiger partial charge in [0, 0.05) is 65.1 Å². The molecular formula is C24H34N4. The average molecular weight is 379 g/mol. The van der Waals surface area contributed by atoms with E-state index in [0.717, 1.165) is 25.9 Å². The van der Waals surface area contributed by atoms with Crippen molar-refractivity contribution in [1.82, 2.24) is 0 Å². The molecule has 0 fully saturated rings. The summed E-state index contributed by atoms with van der Waals surface area (Å²) >= 11 is 0. The normalized spacial score (nSPS) is 11.4. The zero-order valence-corrected chi connectivity index (χ0v) is 17.8. The summed E-state index contributed by atoms with van der Waals surface area (Å²) in [4.78, 5) is 13.3. The maximum absolute atomic E-state index is 4.54. The van der Waals surface area contributed by atoms with E-state index in [4.69, 9.17) is 0 Å². The molecule has 0 saturated heterocycles. The van der Waals surface area contributed by atoms with Crippen molar-refractivity contribution in [3.8, 4) is 0 Å². The van der Waals surface area contributed by atoms with Gasteiger partial charge in [-0.1, -0.05) is 37.1 Å². The molecule has 2 aromatic carbocycles. The molecule has 0 aliphatic carbocycles. The quantitative estimate of drug-likeness (QED) is 0.411. The molecule has 0 amide bonds. The molecule has 28 heavy (non-hydrogen) atoms.